The van der Waals surface area contributed by atoms with Crippen molar-refractivity contribution in [1.82, 2.24) is 0 Å². The van der Waals surface area contributed by atoms with Crippen molar-refractivity contribution in [3.05, 3.63) is 54.7 Å². The van der Waals surface area contributed by atoms with Gasteiger partial charge in [0.1, 0.15) is 5.69 Å². The summed E-state index contributed by atoms with van der Waals surface area (Å²) in [5.74, 6) is -1.13. The molecule has 2 rings (SSSR count). The maximum atomic E-state index is 11.9. The van der Waals surface area contributed by atoms with Gasteiger partial charge in [0.15, 0.2) is 6.61 Å². The van der Waals surface area contributed by atoms with Crippen LogP contribution in [-0.4, -0.2) is 30.3 Å². The molecule has 2 aromatic rings. The van der Waals surface area contributed by atoms with Crippen molar-refractivity contribution >= 4 is 50.4 Å². The third-order valence-corrected chi connectivity index (χ3v) is 4.55. The largest absolute Gasteiger partial charge is 0.454 e. The van der Waals surface area contributed by atoms with Gasteiger partial charge in [0.05, 0.1) is 19.2 Å². The fourth-order valence-electron chi connectivity index (χ4n) is 1.77. The number of nitrogens with one attached hydrogen (secondary N) is 1. The van der Waals surface area contributed by atoms with Crippen molar-refractivity contribution in [3.63, 3.8) is 0 Å². The molecule has 0 atom stereocenters. The van der Waals surface area contributed by atoms with Crippen LogP contribution in [0, 0.1) is 10.1 Å². The standard InChI is InChI=1S/C14H11BrN2O5S/c1-16-9-3-2-8(6-10(9)17(20)21)14(19)22-7-11(18)12-4-5-13(15)23-12/h2-6,16H,7H2,1H3. The van der Waals surface area contributed by atoms with Crippen LogP contribution < -0.4 is 5.32 Å². The minimum Gasteiger partial charge on any atom is -0.454 e. The molecule has 1 aromatic carbocycles. The molecule has 0 aliphatic heterocycles. The Bertz CT molecular complexity index is 774. The van der Waals surface area contributed by atoms with E-state index in [1.54, 1.807) is 12.1 Å². The summed E-state index contributed by atoms with van der Waals surface area (Å²) < 4.78 is 5.72. The SMILES string of the molecule is CNc1ccc(C(=O)OCC(=O)c2ccc(Br)s2)cc1[N+](=O)[O-]. The fourth-order valence-corrected chi connectivity index (χ4v) is 3.08. The number of anilines is 1. The highest BCUT2D eigenvalue weighted by atomic mass is 79.9. The number of carbonyl (C=O) groups is 2. The lowest BCUT2D eigenvalue weighted by atomic mass is 10.1. The first-order chi connectivity index (χ1) is 10.9. The Labute approximate surface area is 143 Å². The zero-order chi connectivity index (χ0) is 17.0. The number of benzene rings is 1. The number of carbonyl (C=O) groups excluding carboxylic acids is 2. The number of Topliss-reactive ketones (excluding diaryl/α,β-unsaturated/α-hetero) is 1. The maximum absolute atomic E-state index is 11.9. The normalized spacial score (nSPS) is 10.2. The number of rotatable bonds is 6. The molecule has 0 unspecified atom stereocenters. The van der Waals surface area contributed by atoms with Crippen LogP contribution in [0.3, 0.4) is 0 Å². The van der Waals surface area contributed by atoms with E-state index in [1.807, 2.05) is 0 Å². The number of nitro groups is 1. The lowest BCUT2D eigenvalue weighted by Crippen LogP contribution is -2.13. The molecular weight excluding hydrogens is 388 g/mol. The van der Waals surface area contributed by atoms with E-state index in [2.05, 4.69) is 21.2 Å². The Morgan fingerprint density at radius 1 is 1.35 bits per heavy atom. The Balaban J connectivity index is 2.07. The van der Waals surface area contributed by atoms with Crippen LogP contribution >= 0.6 is 27.3 Å². The van der Waals surface area contributed by atoms with E-state index in [1.165, 1.54) is 30.5 Å². The van der Waals surface area contributed by atoms with Crippen LogP contribution in [0.1, 0.15) is 20.0 Å². The van der Waals surface area contributed by atoms with Gasteiger partial charge in [-0.1, -0.05) is 0 Å². The predicted molar refractivity (Wildman–Crippen MR) is 89.3 cm³/mol. The molecular formula is C14H11BrN2O5S. The molecule has 1 heterocycles. The molecule has 9 heteroatoms. The van der Waals surface area contributed by atoms with Crippen molar-refractivity contribution in [3.8, 4) is 0 Å². The molecule has 0 radical (unpaired) electrons. The van der Waals surface area contributed by atoms with Crippen LogP contribution in [0.4, 0.5) is 11.4 Å². The molecule has 7 nitrogen and oxygen atoms in total. The number of nitro benzene ring substituents is 1. The summed E-state index contributed by atoms with van der Waals surface area (Å²) in [5, 5.41) is 13.6. The van der Waals surface area contributed by atoms with Crippen molar-refractivity contribution in [2.45, 2.75) is 0 Å². The molecule has 0 saturated carbocycles. The van der Waals surface area contributed by atoms with Gasteiger partial charge in [0.25, 0.3) is 5.69 Å². The second-order valence-corrected chi connectivity index (χ2v) is 6.81. The Hall–Kier alpha value is -2.26. The van der Waals surface area contributed by atoms with Crippen LogP contribution in [0.5, 0.6) is 0 Å². The van der Waals surface area contributed by atoms with E-state index in [-0.39, 0.29) is 22.7 Å². The summed E-state index contributed by atoms with van der Waals surface area (Å²) in [6, 6.07) is 7.26. The highest BCUT2D eigenvalue weighted by Gasteiger charge is 2.19. The summed E-state index contributed by atoms with van der Waals surface area (Å²) in [6.07, 6.45) is 0. The first-order valence-electron chi connectivity index (χ1n) is 6.34. The summed E-state index contributed by atoms with van der Waals surface area (Å²) in [5.41, 5.74) is 0.0531. The number of nitrogens with zero attached hydrogens (tertiary/aromatic N) is 1. The van der Waals surface area contributed by atoms with Crippen LogP contribution in [0.25, 0.3) is 0 Å². The quantitative estimate of drug-likeness (QED) is 0.346. The van der Waals surface area contributed by atoms with E-state index in [9.17, 15) is 19.7 Å². The van der Waals surface area contributed by atoms with Crippen molar-refractivity contribution in [2.24, 2.45) is 0 Å². The molecule has 0 bridgehead atoms. The van der Waals surface area contributed by atoms with Crippen molar-refractivity contribution in [2.75, 3.05) is 19.0 Å². The molecule has 0 aliphatic rings. The Kier molecular flexibility index (Phi) is 5.45. The molecule has 0 amide bonds. The van der Waals surface area contributed by atoms with Crippen LogP contribution in [-0.2, 0) is 4.74 Å². The second-order valence-electron chi connectivity index (χ2n) is 4.34. The average Bonchev–Trinajstić information content (AvgIpc) is 2.98. The highest BCUT2D eigenvalue weighted by molar-refractivity contribution is 9.11. The van der Waals surface area contributed by atoms with Gasteiger partial charge in [-0.15, -0.1) is 11.3 Å². The number of esters is 1. The summed E-state index contributed by atoms with van der Waals surface area (Å²) in [6.45, 7) is -0.423. The van der Waals surface area contributed by atoms with Gasteiger partial charge in [0.2, 0.25) is 5.78 Å². The van der Waals surface area contributed by atoms with Gasteiger partial charge >= 0.3 is 5.97 Å². The zero-order valence-electron chi connectivity index (χ0n) is 11.9. The fraction of sp³-hybridized carbons (Fsp3) is 0.143. The monoisotopic (exact) mass is 398 g/mol. The highest BCUT2D eigenvalue weighted by Crippen LogP contribution is 2.26. The number of hydrogen-bond donors (Lipinski definition) is 1. The number of halogens is 1. The van der Waals surface area contributed by atoms with Crippen molar-refractivity contribution in [1.29, 1.82) is 0 Å². The third-order valence-electron chi connectivity index (χ3n) is 2.88. The first kappa shape index (κ1) is 17.1. The zero-order valence-corrected chi connectivity index (χ0v) is 14.3. The van der Waals surface area contributed by atoms with Gasteiger partial charge in [0, 0.05) is 13.1 Å². The van der Waals surface area contributed by atoms with Gasteiger partial charge in [-0.05, 0) is 40.2 Å². The third kappa shape index (κ3) is 4.14. The van der Waals surface area contributed by atoms with Crippen LogP contribution in [0.15, 0.2) is 34.1 Å². The van der Waals surface area contributed by atoms with Gasteiger partial charge in [-0.2, -0.15) is 0 Å². The van der Waals surface area contributed by atoms with Crippen LogP contribution in [0.2, 0.25) is 0 Å². The summed E-state index contributed by atoms with van der Waals surface area (Å²) in [7, 11) is 1.54. The van der Waals surface area contributed by atoms with Crippen molar-refractivity contribution < 1.29 is 19.2 Å². The van der Waals surface area contributed by atoms with E-state index >= 15 is 0 Å². The topological polar surface area (TPSA) is 98.5 Å². The lowest BCUT2D eigenvalue weighted by Gasteiger charge is -2.06. The van der Waals surface area contributed by atoms with E-state index < -0.39 is 17.5 Å². The molecule has 0 spiro atoms. The van der Waals surface area contributed by atoms with E-state index in [0.29, 0.717) is 4.88 Å². The number of ketones is 1. The lowest BCUT2D eigenvalue weighted by molar-refractivity contribution is -0.384. The minimum absolute atomic E-state index is 0.0101. The molecule has 23 heavy (non-hydrogen) atoms. The molecule has 0 aliphatic carbocycles. The average molecular weight is 399 g/mol. The minimum atomic E-state index is -0.792. The smallest absolute Gasteiger partial charge is 0.338 e. The molecule has 1 N–H and O–H groups in total. The predicted octanol–water partition coefficient (Wildman–Crippen LogP) is 3.50. The number of hydrogen-bond acceptors (Lipinski definition) is 7. The maximum Gasteiger partial charge on any atom is 0.338 e. The molecule has 1 aromatic heterocycles. The first-order valence-corrected chi connectivity index (χ1v) is 7.95. The second kappa shape index (κ2) is 7.34. The van der Waals surface area contributed by atoms with Gasteiger partial charge in [-0.3, -0.25) is 14.9 Å². The number of thiophene rings is 1. The Morgan fingerprint density at radius 2 is 2.09 bits per heavy atom. The van der Waals surface area contributed by atoms with E-state index in [0.717, 1.165) is 9.85 Å². The Morgan fingerprint density at radius 3 is 2.65 bits per heavy atom. The number of ether oxygens (including phenoxy) is 1. The summed E-state index contributed by atoms with van der Waals surface area (Å²) >= 11 is 4.47. The van der Waals surface area contributed by atoms with Gasteiger partial charge in [-0.25, -0.2) is 4.79 Å². The molecule has 0 fully saturated rings. The summed E-state index contributed by atoms with van der Waals surface area (Å²) in [4.78, 5) is 34.6. The van der Waals surface area contributed by atoms with E-state index in [4.69, 9.17) is 4.74 Å². The van der Waals surface area contributed by atoms with Gasteiger partial charge < -0.3 is 10.1 Å². The molecule has 0 saturated heterocycles. The molecule has 120 valence electrons.